The highest BCUT2D eigenvalue weighted by molar-refractivity contribution is 9.10. The third kappa shape index (κ3) is 3.77. The van der Waals surface area contributed by atoms with Gasteiger partial charge in [0, 0.05) is 18.7 Å². The van der Waals surface area contributed by atoms with Gasteiger partial charge in [-0.25, -0.2) is 4.39 Å². The standard InChI is InChI=1S/C14H12BrFN2O3/c15-11-5-14(18(20)21)13(6-12(11)16)17-7-9-1-3-10(8-19)4-2-9/h1-6,17,19H,7-8H2. The number of rotatable bonds is 5. The Morgan fingerprint density at radius 1 is 1.24 bits per heavy atom. The number of nitrogens with zero attached hydrogens (tertiary/aromatic N) is 1. The van der Waals surface area contributed by atoms with Crippen LogP contribution in [-0.2, 0) is 13.2 Å². The Bertz CT molecular complexity index is 662. The summed E-state index contributed by atoms with van der Waals surface area (Å²) < 4.78 is 13.6. The number of aliphatic hydroxyl groups is 1. The molecule has 110 valence electrons. The van der Waals surface area contributed by atoms with Gasteiger partial charge in [0.1, 0.15) is 11.5 Å². The van der Waals surface area contributed by atoms with Gasteiger partial charge in [0.05, 0.1) is 16.0 Å². The van der Waals surface area contributed by atoms with Gasteiger partial charge in [-0.05, 0) is 27.1 Å². The molecule has 0 aliphatic rings. The first-order chi connectivity index (χ1) is 10.0. The van der Waals surface area contributed by atoms with Gasteiger partial charge >= 0.3 is 0 Å². The summed E-state index contributed by atoms with van der Waals surface area (Å²) in [4.78, 5) is 10.4. The van der Waals surface area contributed by atoms with Crippen molar-refractivity contribution in [1.29, 1.82) is 0 Å². The number of halogens is 2. The molecule has 0 saturated heterocycles. The number of nitrogens with one attached hydrogen (secondary N) is 1. The predicted octanol–water partition coefficient (Wildman–Crippen LogP) is 3.60. The molecule has 0 heterocycles. The second-order valence-corrected chi connectivity index (χ2v) is 5.22. The van der Waals surface area contributed by atoms with Crippen LogP contribution < -0.4 is 5.32 Å². The normalized spacial score (nSPS) is 10.4. The predicted molar refractivity (Wildman–Crippen MR) is 80.4 cm³/mol. The Hall–Kier alpha value is -1.99. The van der Waals surface area contributed by atoms with Gasteiger partial charge in [0.2, 0.25) is 0 Å². The highest BCUT2D eigenvalue weighted by Crippen LogP contribution is 2.30. The lowest BCUT2D eigenvalue weighted by molar-refractivity contribution is -0.384. The Morgan fingerprint density at radius 3 is 2.43 bits per heavy atom. The molecule has 0 atom stereocenters. The van der Waals surface area contributed by atoms with Gasteiger partial charge in [-0.15, -0.1) is 0 Å². The van der Waals surface area contributed by atoms with Crippen LogP contribution in [0.4, 0.5) is 15.8 Å². The molecule has 0 spiro atoms. The van der Waals surface area contributed by atoms with Gasteiger partial charge in [-0.1, -0.05) is 24.3 Å². The molecule has 0 fully saturated rings. The van der Waals surface area contributed by atoms with Crippen molar-refractivity contribution in [2.24, 2.45) is 0 Å². The van der Waals surface area contributed by atoms with E-state index in [2.05, 4.69) is 21.2 Å². The summed E-state index contributed by atoms with van der Waals surface area (Å²) in [5.74, 6) is -0.571. The molecule has 0 unspecified atom stereocenters. The average Bonchev–Trinajstić information content (AvgIpc) is 2.48. The van der Waals surface area contributed by atoms with Crippen LogP contribution in [-0.4, -0.2) is 10.0 Å². The summed E-state index contributed by atoms with van der Waals surface area (Å²) >= 11 is 2.93. The van der Waals surface area contributed by atoms with E-state index in [0.717, 1.165) is 23.3 Å². The molecule has 0 radical (unpaired) electrons. The number of nitro benzene ring substituents is 1. The lowest BCUT2D eigenvalue weighted by atomic mass is 10.1. The third-order valence-corrected chi connectivity index (χ3v) is 3.53. The molecule has 2 N–H and O–H groups in total. The Labute approximate surface area is 128 Å². The molecule has 0 aromatic heterocycles. The average molecular weight is 355 g/mol. The quantitative estimate of drug-likeness (QED) is 0.635. The summed E-state index contributed by atoms with van der Waals surface area (Å²) in [6, 6.07) is 9.32. The van der Waals surface area contributed by atoms with E-state index in [0.29, 0.717) is 6.54 Å². The number of anilines is 1. The number of hydrogen-bond acceptors (Lipinski definition) is 4. The molecule has 2 rings (SSSR count). The van der Waals surface area contributed by atoms with Crippen LogP contribution in [0.1, 0.15) is 11.1 Å². The summed E-state index contributed by atoms with van der Waals surface area (Å²) in [5.41, 5.74) is 1.56. The summed E-state index contributed by atoms with van der Waals surface area (Å²) in [5, 5.41) is 22.8. The van der Waals surface area contributed by atoms with Crippen molar-refractivity contribution in [3.05, 3.63) is 67.9 Å². The zero-order valence-corrected chi connectivity index (χ0v) is 12.4. The molecule has 0 bridgehead atoms. The van der Waals surface area contributed by atoms with Crippen molar-refractivity contribution in [1.82, 2.24) is 0 Å². The van der Waals surface area contributed by atoms with Crippen molar-refractivity contribution in [3.63, 3.8) is 0 Å². The van der Waals surface area contributed by atoms with Crippen molar-refractivity contribution in [3.8, 4) is 0 Å². The first-order valence-electron chi connectivity index (χ1n) is 6.07. The zero-order valence-electron chi connectivity index (χ0n) is 10.8. The maximum atomic E-state index is 13.5. The van der Waals surface area contributed by atoms with E-state index < -0.39 is 10.7 Å². The van der Waals surface area contributed by atoms with E-state index in [1.807, 2.05) is 0 Å². The van der Waals surface area contributed by atoms with Gasteiger partial charge in [0.15, 0.2) is 0 Å². The lowest BCUT2D eigenvalue weighted by Crippen LogP contribution is -2.03. The van der Waals surface area contributed by atoms with Gasteiger partial charge in [0.25, 0.3) is 5.69 Å². The maximum Gasteiger partial charge on any atom is 0.293 e. The van der Waals surface area contributed by atoms with Crippen LogP contribution in [0, 0.1) is 15.9 Å². The largest absolute Gasteiger partial charge is 0.392 e. The Balaban J connectivity index is 2.18. The minimum atomic E-state index is -0.571. The Morgan fingerprint density at radius 2 is 1.86 bits per heavy atom. The second kappa shape index (κ2) is 6.64. The summed E-state index contributed by atoms with van der Waals surface area (Å²) in [6.45, 7) is 0.269. The maximum absolute atomic E-state index is 13.5. The summed E-state index contributed by atoms with van der Waals surface area (Å²) in [6.07, 6.45) is 0. The van der Waals surface area contributed by atoms with Crippen LogP contribution in [0.5, 0.6) is 0 Å². The molecular weight excluding hydrogens is 343 g/mol. The van der Waals surface area contributed by atoms with Crippen LogP contribution in [0.3, 0.4) is 0 Å². The zero-order chi connectivity index (χ0) is 15.4. The van der Waals surface area contributed by atoms with E-state index in [1.54, 1.807) is 24.3 Å². The molecule has 21 heavy (non-hydrogen) atoms. The first-order valence-corrected chi connectivity index (χ1v) is 6.86. The van der Waals surface area contributed by atoms with Gasteiger partial charge < -0.3 is 10.4 Å². The SMILES string of the molecule is O=[N+]([O-])c1cc(Br)c(F)cc1NCc1ccc(CO)cc1. The van der Waals surface area contributed by atoms with Crippen LogP contribution >= 0.6 is 15.9 Å². The van der Waals surface area contributed by atoms with E-state index in [1.165, 1.54) is 0 Å². The third-order valence-electron chi connectivity index (χ3n) is 2.92. The highest BCUT2D eigenvalue weighted by atomic mass is 79.9. The fourth-order valence-electron chi connectivity index (χ4n) is 1.79. The van der Waals surface area contributed by atoms with Crippen LogP contribution in [0.15, 0.2) is 40.9 Å². The summed E-state index contributed by atoms with van der Waals surface area (Å²) in [7, 11) is 0. The van der Waals surface area contributed by atoms with Crippen molar-refractivity contribution >= 4 is 27.3 Å². The van der Waals surface area contributed by atoms with E-state index >= 15 is 0 Å². The van der Waals surface area contributed by atoms with Crippen molar-refractivity contribution in [2.75, 3.05) is 5.32 Å². The highest BCUT2D eigenvalue weighted by Gasteiger charge is 2.17. The molecular formula is C14H12BrFN2O3. The minimum absolute atomic E-state index is 0.0445. The van der Waals surface area contributed by atoms with Gasteiger partial charge in [-0.2, -0.15) is 0 Å². The molecule has 2 aromatic carbocycles. The monoisotopic (exact) mass is 354 g/mol. The smallest absolute Gasteiger partial charge is 0.293 e. The minimum Gasteiger partial charge on any atom is -0.392 e. The number of benzene rings is 2. The van der Waals surface area contributed by atoms with Gasteiger partial charge in [-0.3, -0.25) is 10.1 Å². The molecule has 0 aliphatic carbocycles. The van der Waals surface area contributed by atoms with Crippen LogP contribution in [0.25, 0.3) is 0 Å². The molecule has 0 saturated carbocycles. The second-order valence-electron chi connectivity index (χ2n) is 4.37. The fourth-order valence-corrected chi connectivity index (χ4v) is 2.12. The number of aliphatic hydroxyl groups excluding tert-OH is 1. The topological polar surface area (TPSA) is 75.4 Å². The van der Waals surface area contributed by atoms with E-state index in [9.17, 15) is 14.5 Å². The first kappa shape index (κ1) is 15.4. The van der Waals surface area contributed by atoms with Crippen LogP contribution in [0.2, 0.25) is 0 Å². The lowest BCUT2D eigenvalue weighted by Gasteiger charge is -2.08. The number of hydrogen-bond donors (Lipinski definition) is 2. The fraction of sp³-hybridized carbons (Fsp3) is 0.143. The number of nitro groups is 1. The van der Waals surface area contributed by atoms with Crippen molar-refractivity contribution in [2.45, 2.75) is 13.2 Å². The molecule has 2 aromatic rings. The molecule has 0 aliphatic heterocycles. The van der Waals surface area contributed by atoms with E-state index in [-0.39, 0.29) is 22.5 Å². The Kier molecular flexibility index (Phi) is 4.87. The molecule has 0 amide bonds. The molecule has 7 heteroatoms. The van der Waals surface area contributed by atoms with Crippen molar-refractivity contribution < 1.29 is 14.4 Å². The van der Waals surface area contributed by atoms with E-state index in [4.69, 9.17) is 5.11 Å². The molecule has 5 nitrogen and oxygen atoms in total.